The molecule has 23 heavy (non-hydrogen) atoms. The number of hydrogen-bond acceptors (Lipinski definition) is 5. The molecule has 0 aromatic heterocycles. The first kappa shape index (κ1) is 12.2. The molecule has 7 heterocycles. The molecule has 12 atom stereocenters. The number of imide groups is 1. The summed E-state index contributed by atoms with van der Waals surface area (Å²) >= 11 is 0. The second kappa shape index (κ2) is 3.41. The van der Waals surface area contributed by atoms with E-state index in [1.54, 1.807) is 7.05 Å². The second-order valence-corrected chi connectivity index (χ2v) is 8.18. The minimum atomic E-state index is -0.282. The van der Waals surface area contributed by atoms with E-state index >= 15 is 0 Å². The van der Waals surface area contributed by atoms with Gasteiger partial charge in [-0.1, -0.05) is 12.2 Å². The van der Waals surface area contributed by atoms with Gasteiger partial charge in [-0.05, 0) is 0 Å². The number of likely N-dealkylation sites (tertiary alicyclic amines) is 1. The Hall–Kier alpha value is -1.24. The predicted molar refractivity (Wildman–Crippen MR) is 73.8 cm³/mol. The molecule has 7 aliphatic heterocycles. The summed E-state index contributed by atoms with van der Waals surface area (Å²) in [6.07, 6.45) is 4.63. The molecular weight excluding hydrogens is 298 g/mol. The molecule has 0 spiro atoms. The average molecular weight is 315 g/mol. The highest BCUT2D eigenvalue weighted by atomic mass is 16.6. The van der Waals surface area contributed by atoms with Gasteiger partial charge in [-0.25, -0.2) is 0 Å². The van der Waals surface area contributed by atoms with Gasteiger partial charge in [0.1, 0.15) is 0 Å². The molecule has 120 valence electrons. The number of rotatable bonds is 0. The van der Waals surface area contributed by atoms with Crippen molar-refractivity contribution in [2.24, 2.45) is 35.5 Å². The molecule has 6 saturated heterocycles. The molecule has 0 N–H and O–H groups in total. The largest absolute Gasteiger partial charge is 0.373 e. The Bertz CT molecular complexity index is 651. The first-order valence-corrected chi connectivity index (χ1v) is 8.63. The lowest BCUT2D eigenvalue weighted by molar-refractivity contribution is -0.141. The first-order chi connectivity index (χ1) is 11.2. The van der Waals surface area contributed by atoms with Crippen LogP contribution in [0, 0.1) is 35.5 Å². The third-order valence-electron chi connectivity index (χ3n) is 7.68. The molecule has 0 radical (unpaired) electrons. The molecule has 6 nitrogen and oxygen atoms in total. The molecule has 0 aromatic rings. The number of carbonyl (C=O) groups excluding carboxylic acids is 2. The van der Waals surface area contributed by atoms with Crippen LogP contribution in [0.4, 0.5) is 0 Å². The van der Waals surface area contributed by atoms with E-state index in [-0.39, 0.29) is 72.1 Å². The van der Waals surface area contributed by atoms with E-state index in [9.17, 15) is 9.59 Å². The van der Waals surface area contributed by atoms with E-state index in [1.807, 2.05) is 0 Å². The maximum atomic E-state index is 12.5. The highest BCUT2D eigenvalue weighted by Gasteiger charge is 2.78. The third kappa shape index (κ3) is 1.04. The van der Waals surface area contributed by atoms with Gasteiger partial charge in [0.2, 0.25) is 11.8 Å². The smallest absolute Gasteiger partial charge is 0.235 e. The summed E-state index contributed by atoms with van der Waals surface area (Å²) in [6, 6.07) is 0. The van der Waals surface area contributed by atoms with Crippen molar-refractivity contribution in [2.45, 2.75) is 36.6 Å². The standard InChI is InChI=1S/C17H17NO5/c1-18-16(19)10-11(17(18)20)15-9-8(14(10)23-15)12-6-4-2-3-5(21-4)7(6)13(9)22-12/h2-15H,1H3/t4-,5+,6+,7-,8+,9-,10+,11-,12+,13-,14-,15+. The van der Waals surface area contributed by atoms with E-state index in [0.717, 1.165) is 0 Å². The maximum absolute atomic E-state index is 12.5. The first-order valence-electron chi connectivity index (χ1n) is 8.63. The zero-order valence-corrected chi connectivity index (χ0v) is 12.6. The Morgan fingerprint density at radius 2 is 1.22 bits per heavy atom. The molecule has 7 aliphatic rings. The van der Waals surface area contributed by atoms with E-state index in [4.69, 9.17) is 14.2 Å². The van der Waals surface area contributed by atoms with E-state index in [1.165, 1.54) is 4.90 Å². The maximum Gasteiger partial charge on any atom is 0.235 e. The van der Waals surface area contributed by atoms with Gasteiger partial charge in [-0.3, -0.25) is 14.5 Å². The summed E-state index contributed by atoms with van der Waals surface area (Å²) in [4.78, 5) is 26.3. The van der Waals surface area contributed by atoms with Crippen molar-refractivity contribution < 1.29 is 23.8 Å². The van der Waals surface area contributed by atoms with Crippen molar-refractivity contribution in [3.63, 3.8) is 0 Å². The molecule has 0 unspecified atom stereocenters. The van der Waals surface area contributed by atoms with Crippen LogP contribution in [0.5, 0.6) is 0 Å². The van der Waals surface area contributed by atoms with Gasteiger partial charge in [0.25, 0.3) is 0 Å². The fraction of sp³-hybridized carbons (Fsp3) is 0.765. The van der Waals surface area contributed by atoms with Gasteiger partial charge in [-0.15, -0.1) is 0 Å². The molecule has 6 bridgehead atoms. The number of hydrogen-bond donors (Lipinski definition) is 0. The van der Waals surface area contributed by atoms with Crippen LogP contribution in [0.1, 0.15) is 0 Å². The molecule has 0 aromatic carbocycles. The normalized spacial score (nSPS) is 65.9. The zero-order chi connectivity index (χ0) is 15.2. The van der Waals surface area contributed by atoms with Crippen LogP contribution in [-0.4, -0.2) is 60.4 Å². The van der Waals surface area contributed by atoms with Crippen LogP contribution in [0.2, 0.25) is 0 Å². The van der Waals surface area contributed by atoms with Crippen LogP contribution in [-0.2, 0) is 23.8 Å². The summed E-state index contributed by atoms with van der Waals surface area (Å²) in [6.45, 7) is 0. The van der Waals surface area contributed by atoms with Crippen molar-refractivity contribution >= 4 is 11.8 Å². The Morgan fingerprint density at radius 1 is 0.739 bits per heavy atom. The van der Waals surface area contributed by atoms with E-state index < -0.39 is 0 Å². The third-order valence-corrected chi connectivity index (χ3v) is 7.68. The Kier molecular flexibility index (Phi) is 1.80. The fourth-order valence-electron chi connectivity index (χ4n) is 7.05. The Labute approximate surface area is 132 Å². The van der Waals surface area contributed by atoms with Crippen LogP contribution in [0.25, 0.3) is 0 Å². The average Bonchev–Trinajstić information content (AvgIpc) is 3.35. The molecule has 6 fully saturated rings. The molecule has 0 saturated carbocycles. The highest BCUT2D eigenvalue weighted by Crippen LogP contribution is 2.67. The minimum absolute atomic E-state index is 0.0608. The van der Waals surface area contributed by atoms with Gasteiger partial charge >= 0.3 is 0 Å². The van der Waals surface area contributed by atoms with Gasteiger partial charge in [-0.2, -0.15) is 0 Å². The van der Waals surface area contributed by atoms with Crippen LogP contribution in [0.3, 0.4) is 0 Å². The van der Waals surface area contributed by atoms with Crippen LogP contribution >= 0.6 is 0 Å². The Morgan fingerprint density at radius 3 is 1.74 bits per heavy atom. The summed E-state index contributed by atoms with van der Waals surface area (Å²) < 4.78 is 18.7. The molecule has 6 heteroatoms. The van der Waals surface area contributed by atoms with Crippen LogP contribution in [0.15, 0.2) is 12.2 Å². The van der Waals surface area contributed by atoms with Crippen molar-refractivity contribution in [3.05, 3.63) is 12.2 Å². The fourth-order valence-corrected chi connectivity index (χ4v) is 7.05. The van der Waals surface area contributed by atoms with Gasteiger partial charge in [0, 0.05) is 30.7 Å². The van der Waals surface area contributed by atoms with Crippen molar-refractivity contribution in [1.82, 2.24) is 4.90 Å². The topological polar surface area (TPSA) is 65.1 Å². The lowest BCUT2D eigenvalue weighted by Gasteiger charge is -2.39. The van der Waals surface area contributed by atoms with Gasteiger partial charge < -0.3 is 14.2 Å². The summed E-state index contributed by atoms with van der Waals surface area (Å²) in [5.74, 6) is 0.637. The van der Waals surface area contributed by atoms with E-state index in [2.05, 4.69) is 12.2 Å². The Balaban J connectivity index is 1.34. The summed E-state index contributed by atoms with van der Waals surface area (Å²) in [5, 5.41) is 0. The zero-order valence-electron chi connectivity index (χ0n) is 12.6. The van der Waals surface area contributed by atoms with Gasteiger partial charge in [0.15, 0.2) is 0 Å². The molecular formula is C17H17NO5. The molecule has 2 amide bonds. The number of ether oxygens (including phenoxy) is 3. The molecule has 0 aliphatic carbocycles. The summed E-state index contributed by atoms with van der Waals surface area (Å²) in [7, 11) is 1.61. The second-order valence-electron chi connectivity index (χ2n) is 8.18. The van der Waals surface area contributed by atoms with E-state index in [0.29, 0.717) is 11.8 Å². The number of amides is 2. The lowest BCUT2D eigenvalue weighted by atomic mass is 9.57. The van der Waals surface area contributed by atoms with Crippen molar-refractivity contribution in [3.8, 4) is 0 Å². The number of nitrogens with zero attached hydrogens (tertiary/aromatic N) is 1. The predicted octanol–water partition coefficient (Wildman–Crippen LogP) is -0.419. The minimum Gasteiger partial charge on any atom is -0.373 e. The van der Waals surface area contributed by atoms with Crippen molar-refractivity contribution in [2.75, 3.05) is 7.05 Å². The number of fused-ring (bicyclic) bond motifs is 19. The number of carbonyl (C=O) groups is 2. The molecule has 7 rings (SSSR count). The lowest BCUT2D eigenvalue weighted by Crippen LogP contribution is -2.52. The van der Waals surface area contributed by atoms with Gasteiger partial charge in [0.05, 0.1) is 48.5 Å². The monoisotopic (exact) mass is 315 g/mol. The van der Waals surface area contributed by atoms with Crippen molar-refractivity contribution in [1.29, 1.82) is 0 Å². The highest BCUT2D eigenvalue weighted by molar-refractivity contribution is 6.06. The summed E-state index contributed by atoms with van der Waals surface area (Å²) in [5.41, 5.74) is 0. The SMILES string of the molecule is CN1C(=O)[C@@H]2[C@@H]3O[C@H]([C@@H]2C1=O)[C@H]1[C@@H]2O[C@H]([C@@H]31)[C@@H]1[C@H]2[C@@H]2C=C[C@H]1O2. The van der Waals surface area contributed by atoms with Crippen LogP contribution < -0.4 is 0 Å². The quantitative estimate of drug-likeness (QED) is 0.449.